The molecule has 4 heteroatoms. The molecule has 2 atom stereocenters. The summed E-state index contributed by atoms with van der Waals surface area (Å²) in [6.07, 6.45) is 0. The third kappa shape index (κ3) is 1.85. The summed E-state index contributed by atoms with van der Waals surface area (Å²) in [6, 6.07) is 6.06. The third-order valence-corrected chi connectivity index (χ3v) is 4.03. The van der Waals surface area contributed by atoms with Crippen LogP contribution in [-0.2, 0) is 0 Å². The largest absolute Gasteiger partial charge is 0.496 e. The molecule has 1 aromatic rings. The Morgan fingerprint density at radius 3 is 3.11 bits per heavy atom. The summed E-state index contributed by atoms with van der Waals surface area (Å²) in [6.45, 7) is 4.65. The number of methoxy groups -OCH3 is 1. The minimum Gasteiger partial charge on any atom is -0.496 e. The van der Waals surface area contributed by atoms with Crippen LogP contribution in [0.1, 0.15) is 11.5 Å². The van der Waals surface area contributed by atoms with Gasteiger partial charge in [0.15, 0.2) is 0 Å². The quantitative estimate of drug-likeness (QED) is 0.869. The number of nitrogens with two attached hydrogens (primary N) is 1. The maximum atomic E-state index is 5.87. The van der Waals surface area contributed by atoms with E-state index in [1.165, 1.54) is 5.56 Å². The molecule has 1 aromatic carbocycles. The van der Waals surface area contributed by atoms with Crippen molar-refractivity contribution in [2.45, 2.75) is 5.92 Å². The number of hydrogen-bond donors (Lipinski definition) is 1. The Labute approximate surface area is 108 Å². The predicted octanol–water partition coefficient (Wildman–Crippen LogP) is 1.06. The normalized spacial score (nSPS) is 26.3. The highest BCUT2D eigenvalue weighted by Crippen LogP contribution is 2.45. The van der Waals surface area contributed by atoms with Crippen molar-refractivity contribution >= 4 is 0 Å². The van der Waals surface area contributed by atoms with E-state index in [1.54, 1.807) is 7.11 Å². The summed E-state index contributed by atoms with van der Waals surface area (Å²) in [4.78, 5) is 2.43. The molecule has 0 amide bonds. The molecule has 2 aliphatic rings. The van der Waals surface area contributed by atoms with E-state index in [9.17, 15) is 0 Å². The molecule has 98 valence electrons. The molecule has 3 rings (SSSR count). The number of hydrogen-bond acceptors (Lipinski definition) is 4. The molecule has 2 N–H and O–H groups in total. The minimum absolute atomic E-state index is 0.524. The van der Waals surface area contributed by atoms with E-state index in [0.29, 0.717) is 11.8 Å². The molecule has 1 saturated heterocycles. The van der Waals surface area contributed by atoms with Gasteiger partial charge in [0.25, 0.3) is 0 Å². The molecule has 1 fully saturated rings. The van der Waals surface area contributed by atoms with Crippen LogP contribution in [0, 0.1) is 5.92 Å². The van der Waals surface area contributed by atoms with E-state index in [-0.39, 0.29) is 0 Å². The Hall–Kier alpha value is -1.26. The zero-order valence-electron chi connectivity index (χ0n) is 10.8. The number of likely N-dealkylation sites (tertiary alicyclic amines) is 1. The molecule has 0 radical (unpaired) electrons. The molecule has 0 bridgehead atoms. The molecule has 0 aliphatic carbocycles. The second-order valence-corrected chi connectivity index (χ2v) is 5.10. The van der Waals surface area contributed by atoms with Crippen molar-refractivity contribution in [3.8, 4) is 11.5 Å². The van der Waals surface area contributed by atoms with E-state index < -0.39 is 0 Å². The first-order valence-electron chi connectivity index (χ1n) is 6.55. The maximum absolute atomic E-state index is 5.87. The first-order chi connectivity index (χ1) is 8.83. The molecule has 2 heterocycles. The fraction of sp³-hybridized carbons (Fsp3) is 0.571. The van der Waals surface area contributed by atoms with Crippen LogP contribution in [0.3, 0.4) is 0 Å². The molecule has 0 aromatic heterocycles. The van der Waals surface area contributed by atoms with Crippen LogP contribution in [0.5, 0.6) is 11.5 Å². The monoisotopic (exact) mass is 248 g/mol. The summed E-state index contributed by atoms with van der Waals surface area (Å²) in [5.41, 5.74) is 6.90. The van der Waals surface area contributed by atoms with Gasteiger partial charge in [0.2, 0.25) is 0 Å². The van der Waals surface area contributed by atoms with Gasteiger partial charge in [0.1, 0.15) is 11.5 Å². The molecule has 4 nitrogen and oxygen atoms in total. The van der Waals surface area contributed by atoms with Crippen LogP contribution in [0.2, 0.25) is 0 Å². The van der Waals surface area contributed by atoms with E-state index in [4.69, 9.17) is 15.2 Å². The molecular weight excluding hydrogens is 228 g/mol. The lowest BCUT2D eigenvalue weighted by Gasteiger charge is -2.29. The maximum Gasteiger partial charge on any atom is 0.126 e. The smallest absolute Gasteiger partial charge is 0.126 e. The Morgan fingerprint density at radius 1 is 1.44 bits per heavy atom. The zero-order chi connectivity index (χ0) is 12.5. The Bertz CT molecular complexity index is 422. The van der Waals surface area contributed by atoms with Crippen LogP contribution in [0.15, 0.2) is 18.2 Å². The fourth-order valence-electron chi connectivity index (χ4n) is 3.21. The summed E-state index contributed by atoms with van der Waals surface area (Å²) >= 11 is 0. The van der Waals surface area contributed by atoms with Crippen molar-refractivity contribution in [3.05, 3.63) is 23.8 Å². The van der Waals surface area contributed by atoms with Crippen molar-refractivity contribution in [2.75, 3.05) is 39.9 Å². The number of benzene rings is 1. The van der Waals surface area contributed by atoms with Crippen LogP contribution < -0.4 is 15.2 Å². The van der Waals surface area contributed by atoms with Crippen LogP contribution >= 0.6 is 0 Å². The van der Waals surface area contributed by atoms with Crippen molar-refractivity contribution in [3.63, 3.8) is 0 Å². The fourth-order valence-corrected chi connectivity index (χ4v) is 3.21. The molecular formula is C14H20N2O2. The molecule has 18 heavy (non-hydrogen) atoms. The number of ether oxygens (including phenoxy) is 2. The van der Waals surface area contributed by atoms with Gasteiger partial charge in [-0.05, 0) is 12.1 Å². The first kappa shape index (κ1) is 11.8. The highest BCUT2D eigenvalue weighted by molar-refractivity contribution is 5.49. The molecule has 2 aliphatic heterocycles. The van der Waals surface area contributed by atoms with E-state index >= 15 is 0 Å². The van der Waals surface area contributed by atoms with Crippen LogP contribution in [0.4, 0.5) is 0 Å². The minimum atomic E-state index is 0.524. The van der Waals surface area contributed by atoms with Gasteiger partial charge in [-0.15, -0.1) is 0 Å². The SMILES string of the molecule is COc1cccc2c1[C@H]1CN(CCN)C[C@@H]1CO2. The van der Waals surface area contributed by atoms with Gasteiger partial charge in [-0.25, -0.2) is 0 Å². The number of rotatable bonds is 3. The first-order valence-corrected chi connectivity index (χ1v) is 6.55. The second kappa shape index (κ2) is 4.78. The van der Waals surface area contributed by atoms with Gasteiger partial charge in [0, 0.05) is 43.6 Å². The lowest BCUT2D eigenvalue weighted by Crippen LogP contribution is -2.28. The van der Waals surface area contributed by atoms with E-state index in [1.807, 2.05) is 18.2 Å². The summed E-state index contributed by atoms with van der Waals surface area (Å²) < 4.78 is 11.4. The Balaban J connectivity index is 1.92. The highest BCUT2D eigenvalue weighted by atomic mass is 16.5. The van der Waals surface area contributed by atoms with Crippen LogP contribution in [-0.4, -0.2) is 44.8 Å². The molecule has 0 unspecified atom stereocenters. The average Bonchev–Trinajstić information content (AvgIpc) is 2.81. The van der Waals surface area contributed by atoms with Gasteiger partial charge in [-0.2, -0.15) is 0 Å². The van der Waals surface area contributed by atoms with E-state index in [0.717, 1.165) is 44.3 Å². The number of nitrogens with zero attached hydrogens (tertiary/aromatic N) is 1. The van der Waals surface area contributed by atoms with Gasteiger partial charge >= 0.3 is 0 Å². The van der Waals surface area contributed by atoms with Gasteiger partial charge in [-0.3, -0.25) is 0 Å². The van der Waals surface area contributed by atoms with Crippen molar-refractivity contribution in [1.29, 1.82) is 0 Å². The van der Waals surface area contributed by atoms with Crippen molar-refractivity contribution < 1.29 is 9.47 Å². The lowest BCUT2D eigenvalue weighted by molar-refractivity contribution is 0.210. The van der Waals surface area contributed by atoms with Gasteiger partial charge in [0.05, 0.1) is 13.7 Å². The summed E-state index contributed by atoms with van der Waals surface area (Å²) in [5, 5.41) is 0. The van der Waals surface area contributed by atoms with Crippen molar-refractivity contribution in [1.82, 2.24) is 4.90 Å². The van der Waals surface area contributed by atoms with Gasteiger partial charge in [-0.1, -0.05) is 6.07 Å². The third-order valence-electron chi connectivity index (χ3n) is 4.03. The molecule has 0 spiro atoms. The Kier molecular flexibility index (Phi) is 3.14. The topological polar surface area (TPSA) is 47.7 Å². The van der Waals surface area contributed by atoms with Crippen molar-refractivity contribution in [2.24, 2.45) is 11.7 Å². The summed E-state index contributed by atoms with van der Waals surface area (Å²) in [7, 11) is 1.73. The second-order valence-electron chi connectivity index (χ2n) is 5.10. The summed E-state index contributed by atoms with van der Waals surface area (Å²) in [5.74, 6) is 3.04. The predicted molar refractivity (Wildman–Crippen MR) is 70.2 cm³/mol. The zero-order valence-corrected chi connectivity index (χ0v) is 10.8. The van der Waals surface area contributed by atoms with Gasteiger partial charge < -0.3 is 20.1 Å². The van der Waals surface area contributed by atoms with Crippen LogP contribution in [0.25, 0.3) is 0 Å². The lowest BCUT2D eigenvalue weighted by atomic mass is 9.86. The van der Waals surface area contributed by atoms with E-state index in [2.05, 4.69) is 4.90 Å². The number of fused-ring (bicyclic) bond motifs is 3. The Morgan fingerprint density at radius 2 is 2.33 bits per heavy atom. The highest BCUT2D eigenvalue weighted by Gasteiger charge is 2.40. The standard InChI is InChI=1S/C14H20N2O2/c1-17-12-3-2-4-13-14(12)11-8-16(6-5-15)7-10(11)9-18-13/h2-4,10-11H,5-9,15H2,1H3/t10-,11+/m1/s1. The molecule has 0 saturated carbocycles. The average molecular weight is 248 g/mol.